The topological polar surface area (TPSA) is 80.8 Å². The number of nitrogens with one attached hydrogen (secondary N) is 1. The molecule has 1 amide bonds. The Hall–Kier alpha value is -4.30. The summed E-state index contributed by atoms with van der Waals surface area (Å²) in [6, 6.07) is 21.0. The van der Waals surface area contributed by atoms with Gasteiger partial charge in [0.15, 0.2) is 0 Å². The minimum Gasteiger partial charge on any atom is -0.490 e. The van der Waals surface area contributed by atoms with Gasteiger partial charge in [-0.15, -0.1) is 0 Å². The molecule has 1 fully saturated rings. The molecule has 1 aliphatic rings. The number of piperidine rings is 1. The van der Waals surface area contributed by atoms with E-state index in [9.17, 15) is 14.0 Å². The second kappa shape index (κ2) is 11.6. The number of aryl methyl sites for hydroxylation is 1. The number of pyridine rings is 1. The summed E-state index contributed by atoms with van der Waals surface area (Å²) in [5, 5.41) is 3.54. The normalized spacial score (nSPS) is 14.2. The van der Waals surface area contributed by atoms with Gasteiger partial charge in [0.25, 0.3) is 5.91 Å². The fraction of sp³-hybridized carbons (Fsp3) is 0.258. The summed E-state index contributed by atoms with van der Waals surface area (Å²) in [5.41, 5.74) is 3.78. The number of fused-ring (bicyclic) bond motifs is 1. The molecule has 0 saturated carbocycles. The number of para-hydroxylation sites is 1. The van der Waals surface area contributed by atoms with Crippen molar-refractivity contribution in [3.63, 3.8) is 0 Å². The second-order valence-electron chi connectivity index (χ2n) is 9.71. The van der Waals surface area contributed by atoms with Crippen LogP contribution >= 0.6 is 0 Å². The first-order valence-corrected chi connectivity index (χ1v) is 12.9. The van der Waals surface area contributed by atoms with Crippen LogP contribution in [-0.2, 0) is 11.3 Å². The Balaban J connectivity index is 1.13. The SMILES string of the molecule is COC(=O)c1ccc(NC(=O)c2ccc(CN3CCC(Oc4cc(C)nc5c(F)cccc45)CC3)cc2)cc1. The molecule has 1 N–H and O–H groups in total. The lowest BCUT2D eigenvalue weighted by Gasteiger charge is -2.32. The molecule has 7 nitrogen and oxygen atoms in total. The quantitative estimate of drug-likeness (QED) is 0.308. The third-order valence-electron chi connectivity index (χ3n) is 6.89. The Kier molecular flexibility index (Phi) is 7.84. The van der Waals surface area contributed by atoms with E-state index in [2.05, 4.69) is 15.2 Å². The molecule has 200 valence electrons. The summed E-state index contributed by atoms with van der Waals surface area (Å²) in [7, 11) is 1.33. The summed E-state index contributed by atoms with van der Waals surface area (Å²) < 4.78 is 25.2. The Morgan fingerprint density at radius 3 is 2.38 bits per heavy atom. The van der Waals surface area contributed by atoms with Crippen LogP contribution in [0.4, 0.5) is 10.1 Å². The van der Waals surface area contributed by atoms with E-state index < -0.39 is 5.97 Å². The fourth-order valence-electron chi connectivity index (χ4n) is 4.80. The molecule has 0 unspecified atom stereocenters. The lowest BCUT2D eigenvalue weighted by atomic mass is 10.1. The lowest BCUT2D eigenvalue weighted by Crippen LogP contribution is -2.37. The number of nitrogens with zero attached hydrogens (tertiary/aromatic N) is 2. The van der Waals surface area contributed by atoms with Gasteiger partial charge in [-0.2, -0.15) is 0 Å². The number of esters is 1. The lowest BCUT2D eigenvalue weighted by molar-refractivity contribution is 0.0600. The van der Waals surface area contributed by atoms with Crippen LogP contribution < -0.4 is 10.1 Å². The Morgan fingerprint density at radius 1 is 1.00 bits per heavy atom. The van der Waals surface area contributed by atoms with E-state index in [1.54, 1.807) is 30.3 Å². The molecular formula is C31H30FN3O4. The molecule has 1 aromatic heterocycles. The zero-order chi connectivity index (χ0) is 27.4. The third-order valence-corrected chi connectivity index (χ3v) is 6.89. The van der Waals surface area contributed by atoms with Crippen molar-refractivity contribution in [1.82, 2.24) is 9.88 Å². The van der Waals surface area contributed by atoms with E-state index in [4.69, 9.17) is 9.47 Å². The van der Waals surface area contributed by atoms with Crippen LogP contribution in [0.1, 0.15) is 44.8 Å². The minimum absolute atomic E-state index is 0.0577. The molecule has 5 rings (SSSR count). The highest BCUT2D eigenvalue weighted by Crippen LogP contribution is 2.30. The highest BCUT2D eigenvalue weighted by atomic mass is 19.1. The van der Waals surface area contributed by atoms with E-state index in [1.165, 1.54) is 13.2 Å². The van der Waals surface area contributed by atoms with Gasteiger partial charge in [0.1, 0.15) is 23.2 Å². The van der Waals surface area contributed by atoms with Gasteiger partial charge in [-0.1, -0.05) is 18.2 Å². The predicted octanol–water partition coefficient (Wildman–Crippen LogP) is 5.76. The average Bonchev–Trinajstić information content (AvgIpc) is 2.95. The molecule has 2 heterocycles. The standard InChI is InChI=1S/C31H30FN3O4/c1-20-18-28(26-4-3-5-27(32)29(26)33-20)39-25-14-16-35(17-15-25)19-21-6-8-22(9-7-21)30(36)34-24-12-10-23(11-13-24)31(37)38-2/h3-13,18,25H,14-17,19H2,1-2H3,(H,34,36). The number of anilines is 1. The number of hydrogen-bond donors (Lipinski definition) is 1. The van der Waals surface area contributed by atoms with Gasteiger partial charge < -0.3 is 14.8 Å². The number of likely N-dealkylation sites (tertiary alicyclic amines) is 1. The first-order valence-electron chi connectivity index (χ1n) is 12.9. The average molecular weight is 528 g/mol. The van der Waals surface area contributed by atoms with Gasteiger partial charge in [0, 0.05) is 48.0 Å². The van der Waals surface area contributed by atoms with Crippen molar-refractivity contribution in [2.75, 3.05) is 25.5 Å². The Morgan fingerprint density at radius 2 is 1.69 bits per heavy atom. The number of aromatic nitrogens is 1. The van der Waals surface area contributed by atoms with E-state index in [0.717, 1.165) is 43.7 Å². The van der Waals surface area contributed by atoms with Crippen LogP contribution in [-0.4, -0.2) is 48.1 Å². The zero-order valence-electron chi connectivity index (χ0n) is 21.9. The summed E-state index contributed by atoms with van der Waals surface area (Å²) >= 11 is 0. The number of ether oxygens (including phenoxy) is 2. The number of halogens is 1. The maximum Gasteiger partial charge on any atom is 0.337 e. The van der Waals surface area contributed by atoms with Crippen molar-refractivity contribution in [1.29, 1.82) is 0 Å². The molecular weight excluding hydrogens is 497 g/mol. The summed E-state index contributed by atoms with van der Waals surface area (Å²) in [4.78, 5) is 30.9. The highest BCUT2D eigenvalue weighted by Gasteiger charge is 2.22. The smallest absolute Gasteiger partial charge is 0.337 e. The van der Waals surface area contributed by atoms with Crippen LogP contribution in [0.15, 0.2) is 72.8 Å². The van der Waals surface area contributed by atoms with E-state index in [1.807, 2.05) is 43.3 Å². The molecule has 0 aliphatic carbocycles. The molecule has 0 bridgehead atoms. The maximum absolute atomic E-state index is 14.2. The van der Waals surface area contributed by atoms with Crippen LogP contribution in [0.5, 0.6) is 5.75 Å². The number of methoxy groups -OCH3 is 1. The first kappa shape index (κ1) is 26.3. The van der Waals surface area contributed by atoms with Crippen molar-refractivity contribution in [2.24, 2.45) is 0 Å². The summed E-state index contributed by atoms with van der Waals surface area (Å²) in [6.45, 7) is 4.39. The van der Waals surface area contributed by atoms with Gasteiger partial charge in [-0.25, -0.2) is 14.2 Å². The van der Waals surface area contributed by atoms with Crippen LogP contribution in [0.2, 0.25) is 0 Å². The van der Waals surface area contributed by atoms with E-state index >= 15 is 0 Å². The predicted molar refractivity (Wildman–Crippen MR) is 148 cm³/mol. The summed E-state index contributed by atoms with van der Waals surface area (Å²) in [5.74, 6) is -0.296. The molecule has 1 aliphatic heterocycles. The molecule has 3 aromatic carbocycles. The molecule has 1 saturated heterocycles. The van der Waals surface area contributed by atoms with Crippen LogP contribution in [0.3, 0.4) is 0 Å². The van der Waals surface area contributed by atoms with Crippen molar-refractivity contribution in [2.45, 2.75) is 32.4 Å². The summed E-state index contributed by atoms with van der Waals surface area (Å²) in [6.07, 6.45) is 1.79. The minimum atomic E-state index is -0.422. The number of rotatable bonds is 7. The number of amides is 1. The molecule has 0 spiro atoms. The number of benzene rings is 3. The monoisotopic (exact) mass is 527 g/mol. The Labute approximate surface area is 226 Å². The highest BCUT2D eigenvalue weighted by molar-refractivity contribution is 6.04. The maximum atomic E-state index is 14.2. The third kappa shape index (κ3) is 6.23. The molecule has 39 heavy (non-hydrogen) atoms. The Bertz CT molecular complexity index is 1480. The van der Waals surface area contributed by atoms with Gasteiger partial charge in [0.2, 0.25) is 0 Å². The molecule has 0 atom stereocenters. The van der Waals surface area contributed by atoms with E-state index in [0.29, 0.717) is 33.5 Å². The van der Waals surface area contributed by atoms with Crippen molar-refractivity contribution < 1.29 is 23.5 Å². The van der Waals surface area contributed by atoms with Crippen molar-refractivity contribution >= 4 is 28.5 Å². The second-order valence-corrected chi connectivity index (χ2v) is 9.71. The molecule has 8 heteroatoms. The molecule has 0 radical (unpaired) electrons. The largest absolute Gasteiger partial charge is 0.490 e. The van der Waals surface area contributed by atoms with Gasteiger partial charge in [-0.3, -0.25) is 9.69 Å². The number of carbonyl (C=O) groups excluding carboxylic acids is 2. The van der Waals surface area contributed by atoms with Crippen molar-refractivity contribution in [3.8, 4) is 5.75 Å². The van der Waals surface area contributed by atoms with E-state index in [-0.39, 0.29) is 17.8 Å². The fourth-order valence-corrected chi connectivity index (χ4v) is 4.80. The van der Waals surface area contributed by atoms with Gasteiger partial charge >= 0.3 is 5.97 Å². The van der Waals surface area contributed by atoms with Crippen molar-refractivity contribution in [3.05, 3.63) is 101 Å². The molecule has 4 aromatic rings. The number of hydrogen-bond acceptors (Lipinski definition) is 6. The van der Waals surface area contributed by atoms with Crippen LogP contribution in [0, 0.1) is 12.7 Å². The van der Waals surface area contributed by atoms with Gasteiger partial charge in [-0.05, 0) is 73.9 Å². The first-order chi connectivity index (χ1) is 18.9. The number of carbonyl (C=O) groups is 2. The zero-order valence-corrected chi connectivity index (χ0v) is 21.9. The van der Waals surface area contributed by atoms with Gasteiger partial charge in [0.05, 0.1) is 12.7 Å². The van der Waals surface area contributed by atoms with Crippen LogP contribution in [0.25, 0.3) is 10.9 Å².